The minimum Gasteiger partial charge on any atom is -0.494 e. The van der Waals surface area contributed by atoms with Gasteiger partial charge in [-0.05, 0) is 31.2 Å². The van der Waals surface area contributed by atoms with Crippen molar-refractivity contribution in [2.45, 2.75) is 13.5 Å². The second kappa shape index (κ2) is 8.23. The van der Waals surface area contributed by atoms with Gasteiger partial charge in [0.05, 0.1) is 26.4 Å². The number of amides is 1. The van der Waals surface area contributed by atoms with Gasteiger partial charge in [0.15, 0.2) is 0 Å². The van der Waals surface area contributed by atoms with Gasteiger partial charge in [-0.3, -0.25) is 9.69 Å². The van der Waals surface area contributed by atoms with E-state index in [0.717, 1.165) is 49.3 Å². The number of ether oxygens (including phenoxy) is 2. The number of carbonyl (C=O) groups is 1. The highest BCUT2D eigenvalue weighted by Crippen LogP contribution is 2.18. The van der Waals surface area contributed by atoms with Gasteiger partial charge < -0.3 is 14.8 Å². The zero-order valence-corrected chi connectivity index (χ0v) is 14.5. The molecule has 0 bridgehead atoms. The standard InChI is InChI=1S/C17H21N3O3S/c1-2-23-14-5-3-13(4-6-14)18-17(21)15-12-24-16(19-15)11-20-7-9-22-10-8-20/h3-6,12H,2,7-11H2,1H3,(H,18,21). The van der Waals surface area contributed by atoms with Crippen LogP contribution in [0.1, 0.15) is 22.4 Å². The fourth-order valence-corrected chi connectivity index (χ4v) is 3.25. The number of benzene rings is 1. The topological polar surface area (TPSA) is 63.7 Å². The van der Waals surface area contributed by atoms with Crippen LogP contribution >= 0.6 is 11.3 Å². The van der Waals surface area contributed by atoms with Crippen molar-refractivity contribution < 1.29 is 14.3 Å². The van der Waals surface area contributed by atoms with Gasteiger partial charge in [-0.25, -0.2) is 4.98 Å². The average molecular weight is 347 g/mol. The van der Waals surface area contributed by atoms with Crippen LogP contribution in [0, 0.1) is 0 Å². The Hall–Kier alpha value is -1.96. The Bertz CT molecular complexity index is 666. The van der Waals surface area contributed by atoms with Crippen LogP contribution in [0.3, 0.4) is 0 Å². The second-order valence-corrected chi connectivity index (χ2v) is 6.37. The summed E-state index contributed by atoms with van der Waals surface area (Å²) in [5, 5.41) is 5.62. The largest absolute Gasteiger partial charge is 0.494 e. The predicted octanol–water partition coefficient (Wildman–Crippen LogP) is 2.63. The molecular weight excluding hydrogens is 326 g/mol. The van der Waals surface area contributed by atoms with Crippen LogP contribution in [0.5, 0.6) is 5.75 Å². The van der Waals surface area contributed by atoms with Gasteiger partial charge in [0.2, 0.25) is 0 Å². The SMILES string of the molecule is CCOc1ccc(NC(=O)c2csc(CN3CCOCC3)n2)cc1. The number of rotatable bonds is 6. The molecule has 0 spiro atoms. The molecule has 1 saturated heterocycles. The fraction of sp³-hybridized carbons (Fsp3) is 0.412. The summed E-state index contributed by atoms with van der Waals surface area (Å²) in [4.78, 5) is 19.0. The quantitative estimate of drug-likeness (QED) is 0.870. The van der Waals surface area contributed by atoms with E-state index in [1.807, 2.05) is 31.2 Å². The van der Waals surface area contributed by atoms with Gasteiger partial charge in [-0.15, -0.1) is 11.3 Å². The minimum absolute atomic E-state index is 0.191. The van der Waals surface area contributed by atoms with E-state index < -0.39 is 0 Å². The first-order chi connectivity index (χ1) is 11.7. The van der Waals surface area contributed by atoms with Crippen molar-refractivity contribution in [2.75, 3.05) is 38.2 Å². The fourth-order valence-electron chi connectivity index (χ4n) is 2.43. The van der Waals surface area contributed by atoms with E-state index >= 15 is 0 Å². The maximum Gasteiger partial charge on any atom is 0.275 e. The van der Waals surface area contributed by atoms with E-state index in [1.54, 1.807) is 5.38 Å². The van der Waals surface area contributed by atoms with Gasteiger partial charge >= 0.3 is 0 Å². The molecule has 0 atom stereocenters. The smallest absolute Gasteiger partial charge is 0.275 e. The molecule has 2 aromatic rings. The van der Waals surface area contributed by atoms with Crippen molar-refractivity contribution in [3.63, 3.8) is 0 Å². The highest BCUT2D eigenvalue weighted by Gasteiger charge is 2.15. The molecule has 0 radical (unpaired) electrons. The Kier molecular flexibility index (Phi) is 5.79. The molecule has 1 N–H and O–H groups in total. The van der Waals surface area contributed by atoms with Crippen LogP contribution in [0.4, 0.5) is 5.69 Å². The first-order valence-electron chi connectivity index (χ1n) is 8.03. The molecule has 1 amide bonds. The third kappa shape index (κ3) is 4.53. The summed E-state index contributed by atoms with van der Waals surface area (Å²) >= 11 is 1.52. The van der Waals surface area contributed by atoms with Gasteiger partial charge in [-0.1, -0.05) is 0 Å². The average Bonchev–Trinajstić information content (AvgIpc) is 3.06. The van der Waals surface area contributed by atoms with E-state index in [9.17, 15) is 4.79 Å². The molecule has 2 heterocycles. The third-order valence-corrected chi connectivity index (χ3v) is 4.50. The number of aromatic nitrogens is 1. The normalized spacial score (nSPS) is 15.2. The number of nitrogens with one attached hydrogen (secondary N) is 1. The van der Waals surface area contributed by atoms with Crippen molar-refractivity contribution in [1.82, 2.24) is 9.88 Å². The number of thiazole rings is 1. The molecule has 128 valence electrons. The summed E-state index contributed by atoms with van der Waals surface area (Å²) in [6.45, 7) is 6.67. The Morgan fingerprint density at radius 1 is 1.33 bits per heavy atom. The van der Waals surface area contributed by atoms with E-state index in [-0.39, 0.29) is 5.91 Å². The van der Waals surface area contributed by atoms with Crippen molar-refractivity contribution in [3.05, 3.63) is 40.3 Å². The Morgan fingerprint density at radius 2 is 2.08 bits per heavy atom. The van der Waals surface area contributed by atoms with Gasteiger partial charge in [0.25, 0.3) is 5.91 Å². The predicted molar refractivity (Wildman–Crippen MR) is 93.8 cm³/mol. The zero-order chi connectivity index (χ0) is 16.8. The van der Waals surface area contributed by atoms with Gasteiger partial charge in [0.1, 0.15) is 16.5 Å². The molecule has 6 nitrogen and oxygen atoms in total. The van der Waals surface area contributed by atoms with E-state index in [4.69, 9.17) is 9.47 Å². The van der Waals surface area contributed by atoms with Crippen LogP contribution in [-0.4, -0.2) is 48.7 Å². The summed E-state index contributed by atoms with van der Waals surface area (Å²) < 4.78 is 10.7. The van der Waals surface area contributed by atoms with Crippen molar-refractivity contribution in [2.24, 2.45) is 0 Å². The minimum atomic E-state index is -0.191. The van der Waals surface area contributed by atoms with Crippen molar-refractivity contribution >= 4 is 22.9 Å². The van der Waals surface area contributed by atoms with Gasteiger partial charge in [-0.2, -0.15) is 0 Å². The summed E-state index contributed by atoms with van der Waals surface area (Å²) in [5.41, 5.74) is 1.18. The highest BCUT2D eigenvalue weighted by atomic mass is 32.1. The lowest BCUT2D eigenvalue weighted by molar-refractivity contribution is 0.0341. The Morgan fingerprint density at radius 3 is 2.79 bits per heavy atom. The van der Waals surface area contributed by atoms with Crippen LogP contribution in [0.25, 0.3) is 0 Å². The molecule has 3 rings (SSSR count). The number of morpholine rings is 1. The maximum atomic E-state index is 12.3. The molecule has 24 heavy (non-hydrogen) atoms. The molecule has 0 saturated carbocycles. The van der Waals surface area contributed by atoms with Crippen molar-refractivity contribution in [1.29, 1.82) is 0 Å². The molecule has 0 unspecified atom stereocenters. The summed E-state index contributed by atoms with van der Waals surface area (Å²) in [5.74, 6) is 0.598. The molecule has 1 fully saturated rings. The lowest BCUT2D eigenvalue weighted by Crippen LogP contribution is -2.35. The van der Waals surface area contributed by atoms with Crippen LogP contribution in [0.15, 0.2) is 29.6 Å². The first kappa shape index (κ1) is 16.9. The monoisotopic (exact) mass is 347 g/mol. The van der Waals surface area contributed by atoms with E-state index in [2.05, 4.69) is 15.2 Å². The van der Waals surface area contributed by atoms with Gasteiger partial charge in [0, 0.05) is 24.2 Å². The Balaban J connectivity index is 1.56. The molecular formula is C17H21N3O3S. The van der Waals surface area contributed by atoms with Crippen molar-refractivity contribution in [3.8, 4) is 5.75 Å². The molecule has 7 heteroatoms. The molecule has 1 aromatic carbocycles. The molecule has 0 aliphatic carbocycles. The van der Waals surface area contributed by atoms with E-state index in [1.165, 1.54) is 11.3 Å². The summed E-state index contributed by atoms with van der Waals surface area (Å²) in [6.07, 6.45) is 0. The van der Waals surface area contributed by atoms with Crippen LogP contribution in [0.2, 0.25) is 0 Å². The third-order valence-electron chi connectivity index (χ3n) is 3.67. The number of anilines is 1. The number of hydrogen-bond donors (Lipinski definition) is 1. The second-order valence-electron chi connectivity index (χ2n) is 5.43. The van der Waals surface area contributed by atoms with Crippen LogP contribution < -0.4 is 10.1 Å². The molecule has 1 aliphatic rings. The van der Waals surface area contributed by atoms with E-state index in [0.29, 0.717) is 12.3 Å². The number of hydrogen-bond acceptors (Lipinski definition) is 6. The van der Waals surface area contributed by atoms with Crippen LogP contribution in [-0.2, 0) is 11.3 Å². The lowest BCUT2D eigenvalue weighted by Gasteiger charge is -2.25. The Labute approximate surface area is 145 Å². The zero-order valence-electron chi connectivity index (χ0n) is 13.7. The first-order valence-corrected chi connectivity index (χ1v) is 8.91. The number of nitrogens with zero attached hydrogens (tertiary/aromatic N) is 2. The summed E-state index contributed by atoms with van der Waals surface area (Å²) in [6, 6.07) is 7.32. The highest BCUT2D eigenvalue weighted by molar-refractivity contribution is 7.09. The number of carbonyl (C=O) groups excluding carboxylic acids is 1. The summed E-state index contributed by atoms with van der Waals surface area (Å²) in [7, 11) is 0. The lowest BCUT2D eigenvalue weighted by atomic mass is 10.3. The molecule has 1 aliphatic heterocycles. The maximum absolute atomic E-state index is 12.3. The molecule has 1 aromatic heterocycles.